The zero-order valence-electron chi connectivity index (χ0n) is 22.2. The molecular formula is C33H28N2O5. The first-order valence-corrected chi connectivity index (χ1v) is 12.7. The first kappa shape index (κ1) is 27.8. The second-order valence-corrected chi connectivity index (χ2v) is 9.47. The van der Waals surface area contributed by atoms with Crippen LogP contribution in [-0.2, 0) is 16.1 Å². The van der Waals surface area contributed by atoms with Crippen molar-refractivity contribution in [2.75, 3.05) is 12.3 Å². The van der Waals surface area contributed by atoms with Crippen molar-refractivity contribution in [1.29, 1.82) is 5.26 Å². The molecule has 7 heteroatoms. The molecule has 2 N–H and O–H groups in total. The number of esters is 1. The van der Waals surface area contributed by atoms with E-state index < -0.39 is 24.1 Å². The second-order valence-electron chi connectivity index (χ2n) is 9.47. The second kappa shape index (κ2) is 12.5. The zero-order valence-corrected chi connectivity index (χ0v) is 22.2. The number of carbonyl (C=O) groups is 3. The number of rotatable bonds is 10. The smallest absolute Gasteiger partial charge is 0.344 e. The number of anilines is 1. The third-order valence-electron chi connectivity index (χ3n) is 6.34. The first-order valence-electron chi connectivity index (χ1n) is 12.7. The van der Waals surface area contributed by atoms with Crippen molar-refractivity contribution < 1.29 is 23.9 Å². The van der Waals surface area contributed by atoms with Gasteiger partial charge in [0.05, 0.1) is 22.8 Å². The quantitative estimate of drug-likeness (QED) is 0.155. The van der Waals surface area contributed by atoms with E-state index in [1.165, 1.54) is 24.3 Å². The van der Waals surface area contributed by atoms with Crippen LogP contribution in [0.3, 0.4) is 0 Å². The highest BCUT2D eigenvalue weighted by Gasteiger charge is 2.27. The van der Waals surface area contributed by atoms with Gasteiger partial charge in [0, 0.05) is 16.8 Å². The maximum atomic E-state index is 13.8. The lowest BCUT2D eigenvalue weighted by Crippen LogP contribution is -2.19. The van der Waals surface area contributed by atoms with Crippen LogP contribution in [0, 0.1) is 11.3 Å². The maximum absolute atomic E-state index is 13.8. The Morgan fingerprint density at radius 2 is 1.52 bits per heavy atom. The normalized spacial score (nSPS) is 10.6. The lowest BCUT2D eigenvalue weighted by molar-refractivity contribution is -0.147. The average Bonchev–Trinajstić information content (AvgIpc) is 2.99. The molecule has 0 spiro atoms. The van der Waals surface area contributed by atoms with Crippen molar-refractivity contribution in [2.24, 2.45) is 0 Å². The average molecular weight is 533 g/mol. The number of nitrogen functional groups attached to an aromatic ring is 1. The Morgan fingerprint density at radius 1 is 0.825 bits per heavy atom. The highest BCUT2D eigenvalue weighted by atomic mass is 16.6. The minimum atomic E-state index is -0.650. The topological polar surface area (TPSA) is 119 Å². The lowest BCUT2D eigenvalue weighted by atomic mass is 9.90. The molecule has 0 unspecified atom stereocenters. The van der Waals surface area contributed by atoms with Gasteiger partial charge in [-0.25, -0.2) is 4.79 Å². The Morgan fingerprint density at radius 3 is 2.20 bits per heavy atom. The summed E-state index contributed by atoms with van der Waals surface area (Å²) in [5.74, 6) is -1.41. The van der Waals surface area contributed by atoms with E-state index in [-0.39, 0.29) is 46.2 Å². The number of nitriles is 1. The minimum absolute atomic E-state index is 0.000345. The number of nitrogens with two attached hydrogens (primary N) is 1. The van der Waals surface area contributed by atoms with Crippen LogP contribution in [0.15, 0.2) is 91.0 Å². The van der Waals surface area contributed by atoms with E-state index in [2.05, 4.69) is 0 Å². The van der Waals surface area contributed by atoms with Crippen LogP contribution in [0.5, 0.6) is 5.75 Å². The molecule has 0 saturated heterocycles. The predicted octanol–water partition coefficient (Wildman–Crippen LogP) is 5.85. The molecule has 0 aliphatic heterocycles. The summed E-state index contributed by atoms with van der Waals surface area (Å²) < 4.78 is 11.0. The minimum Gasteiger partial charge on any atom is -0.481 e. The Balaban J connectivity index is 1.70. The van der Waals surface area contributed by atoms with E-state index in [4.69, 9.17) is 15.2 Å². The van der Waals surface area contributed by atoms with Crippen molar-refractivity contribution in [3.8, 4) is 11.8 Å². The largest absolute Gasteiger partial charge is 0.481 e. The molecule has 40 heavy (non-hydrogen) atoms. The highest BCUT2D eigenvalue weighted by molar-refractivity contribution is 6.23. The number of hydrogen-bond donors (Lipinski definition) is 1. The fourth-order valence-electron chi connectivity index (χ4n) is 4.14. The Bertz CT molecular complexity index is 1590. The summed E-state index contributed by atoms with van der Waals surface area (Å²) in [6.07, 6.45) is 0. The molecule has 200 valence electrons. The van der Waals surface area contributed by atoms with Crippen LogP contribution in [-0.4, -0.2) is 24.1 Å². The first-order chi connectivity index (χ1) is 19.3. The summed E-state index contributed by atoms with van der Waals surface area (Å²) in [6.45, 7) is 3.67. The molecule has 0 heterocycles. The molecular weight excluding hydrogens is 504 g/mol. The monoisotopic (exact) mass is 532 g/mol. The summed E-state index contributed by atoms with van der Waals surface area (Å²) in [5.41, 5.74) is 8.88. The van der Waals surface area contributed by atoms with Crippen LogP contribution >= 0.6 is 0 Å². The van der Waals surface area contributed by atoms with Gasteiger partial charge in [-0.15, -0.1) is 0 Å². The molecule has 0 fully saturated rings. The van der Waals surface area contributed by atoms with E-state index in [1.807, 2.05) is 62.4 Å². The van der Waals surface area contributed by atoms with Gasteiger partial charge in [-0.2, -0.15) is 5.26 Å². The standard InChI is InChI=1S/C33H28N2O5/c1-21(2)24-11-13-25(14-12-24)32(37)30-27(35)15-16-28(31(30)33(38)26-10-6-9-23(17-26)18-34)39-20-29(36)40-19-22-7-4-3-5-8-22/h3-17,21H,19-20,35H2,1-2H3. The zero-order chi connectivity index (χ0) is 28.6. The Hall–Kier alpha value is -5.22. The van der Waals surface area contributed by atoms with Crippen LogP contribution in [0.1, 0.15) is 68.3 Å². The van der Waals surface area contributed by atoms with Crippen molar-refractivity contribution >= 4 is 23.2 Å². The van der Waals surface area contributed by atoms with Gasteiger partial charge < -0.3 is 15.2 Å². The number of carbonyl (C=O) groups excluding carboxylic acids is 3. The summed E-state index contributed by atoms with van der Waals surface area (Å²) in [5, 5.41) is 9.33. The van der Waals surface area contributed by atoms with Gasteiger partial charge in [-0.3, -0.25) is 9.59 Å². The van der Waals surface area contributed by atoms with Gasteiger partial charge in [0.15, 0.2) is 18.2 Å². The number of hydrogen-bond acceptors (Lipinski definition) is 7. The molecule has 4 aromatic carbocycles. The third-order valence-corrected chi connectivity index (χ3v) is 6.34. The summed E-state index contributed by atoms with van der Waals surface area (Å²) in [6, 6.07) is 27.3. The molecule has 0 aliphatic rings. The lowest BCUT2D eigenvalue weighted by Gasteiger charge is -2.17. The molecule has 7 nitrogen and oxygen atoms in total. The molecule has 0 bridgehead atoms. The van der Waals surface area contributed by atoms with Gasteiger partial charge in [0.2, 0.25) is 0 Å². The van der Waals surface area contributed by atoms with Crippen LogP contribution in [0.4, 0.5) is 5.69 Å². The van der Waals surface area contributed by atoms with Gasteiger partial charge >= 0.3 is 5.97 Å². The molecule has 4 rings (SSSR count). The summed E-state index contributed by atoms with van der Waals surface area (Å²) in [4.78, 5) is 40.0. The van der Waals surface area contributed by atoms with Crippen LogP contribution < -0.4 is 10.5 Å². The summed E-state index contributed by atoms with van der Waals surface area (Å²) >= 11 is 0. The SMILES string of the molecule is CC(C)c1ccc(C(=O)c2c(N)ccc(OCC(=O)OCc3ccccc3)c2C(=O)c2cccc(C#N)c2)cc1. The molecule has 0 atom stereocenters. The number of nitrogens with zero attached hydrogens (tertiary/aromatic N) is 1. The van der Waals surface area contributed by atoms with Crippen molar-refractivity contribution in [3.63, 3.8) is 0 Å². The van der Waals surface area contributed by atoms with E-state index >= 15 is 0 Å². The van der Waals surface area contributed by atoms with Gasteiger partial charge in [0.25, 0.3) is 0 Å². The van der Waals surface area contributed by atoms with Crippen molar-refractivity contribution in [2.45, 2.75) is 26.4 Å². The number of ketones is 2. The Labute approximate surface area is 232 Å². The van der Waals surface area contributed by atoms with E-state index in [1.54, 1.807) is 24.3 Å². The van der Waals surface area contributed by atoms with Gasteiger partial charge in [-0.1, -0.05) is 80.6 Å². The molecule has 0 saturated carbocycles. The van der Waals surface area contributed by atoms with E-state index in [9.17, 15) is 19.6 Å². The fraction of sp³-hybridized carbons (Fsp3) is 0.152. The number of benzene rings is 4. The van der Waals surface area contributed by atoms with Crippen LogP contribution in [0.2, 0.25) is 0 Å². The van der Waals surface area contributed by atoms with Crippen molar-refractivity contribution in [3.05, 3.63) is 130 Å². The van der Waals surface area contributed by atoms with E-state index in [0.29, 0.717) is 5.56 Å². The highest BCUT2D eigenvalue weighted by Crippen LogP contribution is 2.32. The van der Waals surface area contributed by atoms with E-state index in [0.717, 1.165) is 11.1 Å². The third kappa shape index (κ3) is 6.43. The van der Waals surface area contributed by atoms with Gasteiger partial charge in [-0.05, 0) is 41.3 Å². The molecule has 0 radical (unpaired) electrons. The Kier molecular flexibility index (Phi) is 8.72. The fourth-order valence-corrected chi connectivity index (χ4v) is 4.14. The maximum Gasteiger partial charge on any atom is 0.344 e. The molecule has 0 aliphatic carbocycles. The van der Waals surface area contributed by atoms with Gasteiger partial charge in [0.1, 0.15) is 12.4 Å². The predicted molar refractivity (Wildman–Crippen MR) is 151 cm³/mol. The molecule has 0 amide bonds. The van der Waals surface area contributed by atoms with Crippen molar-refractivity contribution in [1.82, 2.24) is 0 Å². The molecule has 4 aromatic rings. The number of ether oxygens (including phenoxy) is 2. The van der Waals surface area contributed by atoms with Crippen LogP contribution in [0.25, 0.3) is 0 Å². The molecule has 0 aromatic heterocycles. The summed E-state index contributed by atoms with van der Waals surface area (Å²) in [7, 11) is 0.